The molecule has 0 N–H and O–H groups in total. The molecule has 3 aromatic rings. The van der Waals surface area contributed by atoms with E-state index in [1.807, 2.05) is 6.07 Å². The number of hydrogen-bond donors (Lipinski definition) is 0. The molecule has 1 aliphatic rings. The van der Waals surface area contributed by atoms with Gasteiger partial charge in [-0.25, -0.2) is 4.98 Å². The minimum Gasteiger partial charge on any atom is -0.377 e. The van der Waals surface area contributed by atoms with Crippen LogP contribution < -0.4 is 4.90 Å². The lowest BCUT2D eigenvalue weighted by atomic mass is 10.3. The Morgan fingerprint density at radius 3 is 2.85 bits per heavy atom. The number of nitro groups is 1. The molecule has 0 atom stereocenters. The van der Waals surface area contributed by atoms with Crippen molar-refractivity contribution in [1.82, 2.24) is 29.6 Å². The molecule has 12 heteroatoms. The number of fused-ring (bicyclic) bond motifs is 1. The van der Waals surface area contributed by atoms with Gasteiger partial charge in [0.15, 0.2) is 11.6 Å². The summed E-state index contributed by atoms with van der Waals surface area (Å²) >= 11 is 0. The number of piperazine rings is 1. The SMILES string of the molecule is COCc1noc(CN2CCN(c3ccc4ncc([N+](=O)[O-])n4n3)CC2)n1. The molecule has 1 saturated heterocycles. The van der Waals surface area contributed by atoms with Gasteiger partial charge in [-0.1, -0.05) is 14.8 Å². The molecule has 0 aliphatic carbocycles. The van der Waals surface area contributed by atoms with E-state index in [9.17, 15) is 10.1 Å². The molecule has 4 rings (SSSR count). The number of ether oxygens (including phenoxy) is 1. The molecule has 27 heavy (non-hydrogen) atoms. The van der Waals surface area contributed by atoms with Crippen molar-refractivity contribution in [2.45, 2.75) is 13.2 Å². The van der Waals surface area contributed by atoms with Gasteiger partial charge in [0.25, 0.3) is 0 Å². The molecular weight excluding hydrogens is 356 g/mol. The van der Waals surface area contributed by atoms with Crippen LogP contribution in [-0.4, -0.2) is 67.9 Å². The summed E-state index contributed by atoms with van der Waals surface area (Å²) < 4.78 is 11.5. The van der Waals surface area contributed by atoms with Crippen LogP contribution in [0.5, 0.6) is 0 Å². The Kier molecular flexibility index (Phi) is 4.64. The van der Waals surface area contributed by atoms with Gasteiger partial charge in [0, 0.05) is 39.4 Å². The summed E-state index contributed by atoms with van der Waals surface area (Å²) in [7, 11) is 1.58. The summed E-state index contributed by atoms with van der Waals surface area (Å²) in [5, 5.41) is 19.3. The van der Waals surface area contributed by atoms with Crippen LogP contribution in [0.4, 0.5) is 11.6 Å². The largest absolute Gasteiger partial charge is 0.377 e. The maximum atomic E-state index is 11.1. The fourth-order valence-corrected chi connectivity index (χ4v) is 3.01. The fraction of sp³-hybridized carbons (Fsp3) is 0.467. The number of aromatic nitrogens is 5. The highest BCUT2D eigenvalue weighted by molar-refractivity contribution is 5.49. The monoisotopic (exact) mass is 374 g/mol. The zero-order valence-electron chi connectivity index (χ0n) is 14.7. The topological polar surface area (TPSA) is 128 Å². The highest BCUT2D eigenvalue weighted by atomic mass is 16.6. The first-order valence-corrected chi connectivity index (χ1v) is 8.41. The lowest BCUT2D eigenvalue weighted by Gasteiger charge is -2.34. The van der Waals surface area contributed by atoms with Gasteiger partial charge in [0.05, 0.1) is 6.54 Å². The van der Waals surface area contributed by atoms with Crippen LogP contribution in [0.3, 0.4) is 0 Å². The number of hydrogen-bond acceptors (Lipinski definition) is 10. The normalized spacial score (nSPS) is 15.5. The first-order chi connectivity index (χ1) is 13.1. The lowest BCUT2D eigenvalue weighted by Crippen LogP contribution is -2.46. The van der Waals surface area contributed by atoms with E-state index in [0.29, 0.717) is 36.3 Å². The minimum absolute atomic E-state index is 0.145. The van der Waals surface area contributed by atoms with Crippen LogP contribution in [0, 0.1) is 10.1 Å². The van der Waals surface area contributed by atoms with Gasteiger partial charge < -0.3 is 24.3 Å². The first-order valence-electron chi connectivity index (χ1n) is 8.41. The molecule has 3 aromatic heterocycles. The van der Waals surface area contributed by atoms with E-state index in [2.05, 4.69) is 30.0 Å². The number of nitrogens with zero attached hydrogens (tertiary/aromatic N) is 8. The summed E-state index contributed by atoms with van der Waals surface area (Å²) in [5.74, 6) is 1.63. The van der Waals surface area contributed by atoms with Crippen molar-refractivity contribution in [3.63, 3.8) is 0 Å². The average Bonchev–Trinajstić information content (AvgIpc) is 3.29. The predicted molar refractivity (Wildman–Crippen MR) is 92.1 cm³/mol. The Morgan fingerprint density at radius 2 is 2.11 bits per heavy atom. The third-order valence-electron chi connectivity index (χ3n) is 4.36. The second kappa shape index (κ2) is 7.25. The van der Waals surface area contributed by atoms with Gasteiger partial charge in [-0.05, 0) is 11.0 Å². The van der Waals surface area contributed by atoms with Gasteiger partial charge in [-0.3, -0.25) is 4.90 Å². The quantitative estimate of drug-likeness (QED) is 0.444. The predicted octanol–water partition coefficient (Wildman–Crippen LogP) is 0.489. The third-order valence-corrected chi connectivity index (χ3v) is 4.36. The van der Waals surface area contributed by atoms with E-state index in [4.69, 9.17) is 9.26 Å². The van der Waals surface area contributed by atoms with Gasteiger partial charge in [0.2, 0.25) is 11.5 Å². The lowest BCUT2D eigenvalue weighted by molar-refractivity contribution is -0.391. The van der Waals surface area contributed by atoms with Crippen LogP contribution >= 0.6 is 0 Å². The molecule has 4 heterocycles. The van der Waals surface area contributed by atoms with Crippen molar-refractivity contribution in [3.05, 3.63) is 40.2 Å². The molecule has 0 saturated carbocycles. The first kappa shape index (κ1) is 17.3. The Bertz CT molecular complexity index is 946. The Hall–Kier alpha value is -3.12. The maximum absolute atomic E-state index is 11.1. The smallest absolute Gasteiger partial charge is 0.368 e. The van der Waals surface area contributed by atoms with Crippen LogP contribution in [0.15, 0.2) is 22.9 Å². The third kappa shape index (κ3) is 3.57. The van der Waals surface area contributed by atoms with E-state index in [0.717, 1.165) is 26.2 Å². The fourth-order valence-electron chi connectivity index (χ4n) is 3.01. The van der Waals surface area contributed by atoms with E-state index in [-0.39, 0.29) is 5.82 Å². The molecule has 1 aliphatic heterocycles. The Labute approximate surface area is 153 Å². The molecule has 0 radical (unpaired) electrons. The van der Waals surface area contributed by atoms with Crippen molar-refractivity contribution in [2.24, 2.45) is 0 Å². The van der Waals surface area contributed by atoms with Crippen LogP contribution in [-0.2, 0) is 17.9 Å². The molecule has 0 aromatic carbocycles. The standard InChI is InChI=1S/C15H18N8O4/c1-26-10-11-17-14(27-19-11)9-20-4-6-21(7-5-20)13-3-2-12-16-8-15(23(24)25)22(12)18-13/h2-3,8H,4-7,9-10H2,1H3. The summed E-state index contributed by atoms with van der Waals surface area (Å²) in [6.07, 6.45) is 1.21. The number of imidazole rings is 1. The van der Waals surface area contributed by atoms with E-state index in [1.165, 1.54) is 10.7 Å². The highest BCUT2D eigenvalue weighted by Crippen LogP contribution is 2.19. The molecule has 12 nitrogen and oxygen atoms in total. The Balaban J connectivity index is 1.40. The van der Waals surface area contributed by atoms with E-state index >= 15 is 0 Å². The van der Waals surface area contributed by atoms with Crippen molar-refractivity contribution in [1.29, 1.82) is 0 Å². The van der Waals surface area contributed by atoms with Crippen molar-refractivity contribution in [2.75, 3.05) is 38.2 Å². The summed E-state index contributed by atoms with van der Waals surface area (Å²) in [6, 6.07) is 3.56. The maximum Gasteiger partial charge on any atom is 0.368 e. The van der Waals surface area contributed by atoms with Crippen LogP contribution in [0.2, 0.25) is 0 Å². The number of anilines is 1. The van der Waals surface area contributed by atoms with Gasteiger partial charge in [-0.15, -0.1) is 0 Å². The van der Waals surface area contributed by atoms with Gasteiger partial charge in [0.1, 0.15) is 12.8 Å². The van der Waals surface area contributed by atoms with Crippen molar-refractivity contribution in [3.8, 4) is 0 Å². The molecule has 0 spiro atoms. The average molecular weight is 374 g/mol. The Morgan fingerprint density at radius 1 is 1.30 bits per heavy atom. The minimum atomic E-state index is -0.489. The van der Waals surface area contributed by atoms with E-state index < -0.39 is 4.92 Å². The molecular formula is C15H18N8O4. The highest BCUT2D eigenvalue weighted by Gasteiger charge is 2.23. The second-order valence-corrected chi connectivity index (χ2v) is 6.14. The van der Waals surface area contributed by atoms with Crippen molar-refractivity contribution >= 4 is 17.3 Å². The molecule has 0 unspecified atom stereocenters. The van der Waals surface area contributed by atoms with Gasteiger partial charge >= 0.3 is 5.82 Å². The van der Waals surface area contributed by atoms with E-state index in [1.54, 1.807) is 13.2 Å². The molecule has 1 fully saturated rings. The summed E-state index contributed by atoms with van der Waals surface area (Å²) in [6.45, 7) is 3.94. The van der Waals surface area contributed by atoms with Crippen LogP contribution in [0.1, 0.15) is 11.7 Å². The van der Waals surface area contributed by atoms with Crippen LogP contribution in [0.25, 0.3) is 5.65 Å². The zero-order chi connectivity index (χ0) is 18.8. The zero-order valence-corrected chi connectivity index (χ0v) is 14.7. The summed E-state index contributed by atoms with van der Waals surface area (Å²) in [5.41, 5.74) is 0.451. The summed E-state index contributed by atoms with van der Waals surface area (Å²) in [4.78, 5) is 23.2. The second-order valence-electron chi connectivity index (χ2n) is 6.14. The number of rotatable bonds is 6. The van der Waals surface area contributed by atoms with Gasteiger partial charge in [-0.2, -0.15) is 4.98 Å². The molecule has 142 valence electrons. The molecule has 0 bridgehead atoms. The van der Waals surface area contributed by atoms with Crippen molar-refractivity contribution < 1.29 is 14.2 Å². The molecule has 0 amide bonds. The number of methoxy groups -OCH3 is 1.